The molecule has 0 saturated carbocycles. The minimum Gasteiger partial charge on any atom is -0.396 e. The molecule has 0 fully saturated rings. The van der Waals surface area contributed by atoms with Crippen molar-refractivity contribution in [3.05, 3.63) is 34.6 Å². The summed E-state index contributed by atoms with van der Waals surface area (Å²) in [5.74, 6) is -0.462. The molecule has 1 aromatic heterocycles. The lowest BCUT2D eigenvalue weighted by Crippen LogP contribution is -2.27. The van der Waals surface area contributed by atoms with Gasteiger partial charge in [0.25, 0.3) is 5.56 Å². The molecular weight excluding hydrogens is 290 g/mol. The minimum atomic E-state index is -0.488. The first kappa shape index (κ1) is 15.5. The number of nitrogens with zero attached hydrogens (tertiary/aromatic N) is 2. The third-order valence-electron chi connectivity index (χ3n) is 3.05. The van der Waals surface area contributed by atoms with Crippen molar-refractivity contribution in [3.8, 4) is 0 Å². The van der Waals surface area contributed by atoms with Gasteiger partial charge in [-0.2, -0.15) is 0 Å². The van der Waals surface area contributed by atoms with Crippen molar-refractivity contribution < 1.29 is 9.90 Å². The van der Waals surface area contributed by atoms with Gasteiger partial charge in [-0.3, -0.25) is 14.2 Å². The highest BCUT2D eigenvalue weighted by molar-refractivity contribution is 8.00. The average Bonchev–Trinajstić information content (AvgIpc) is 2.47. The van der Waals surface area contributed by atoms with Crippen LogP contribution in [0.5, 0.6) is 0 Å². The molecular formula is C14H17N3O3S. The van der Waals surface area contributed by atoms with Crippen LogP contribution in [0.3, 0.4) is 0 Å². The van der Waals surface area contributed by atoms with E-state index >= 15 is 0 Å². The number of aromatic nitrogens is 2. The summed E-state index contributed by atoms with van der Waals surface area (Å²) in [4.78, 5) is 28.2. The first-order valence-corrected chi connectivity index (χ1v) is 7.49. The summed E-state index contributed by atoms with van der Waals surface area (Å²) in [7, 11) is 0. The highest BCUT2D eigenvalue weighted by atomic mass is 32.2. The van der Waals surface area contributed by atoms with Gasteiger partial charge in [-0.15, -0.1) is 0 Å². The highest BCUT2D eigenvalue weighted by Gasteiger charge is 2.17. The lowest BCUT2D eigenvalue weighted by atomic mass is 10.2. The van der Waals surface area contributed by atoms with Gasteiger partial charge in [0.2, 0.25) is 5.91 Å². The summed E-state index contributed by atoms with van der Waals surface area (Å²) in [5, 5.41) is 9.45. The fourth-order valence-corrected chi connectivity index (χ4v) is 2.76. The first-order chi connectivity index (χ1) is 10.0. The number of fused-ring (bicyclic) bond motifs is 1. The van der Waals surface area contributed by atoms with Gasteiger partial charge >= 0.3 is 0 Å². The third kappa shape index (κ3) is 3.43. The van der Waals surface area contributed by atoms with Crippen molar-refractivity contribution in [2.75, 3.05) is 6.61 Å². The smallest absolute Gasteiger partial charge is 0.262 e. The first-order valence-electron chi connectivity index (χ1n) is 6.61. The summed E-state index contributed by atoms with van der Waals surface area (Å²) < 4.78 is 1.49. The zero-order valence-electron chi connectivity index (χ0n) is 11.7. The van der Waals surface area contributed by atoms with E-state index in [4.69, 9.17) is 10.8 Å². The summed E-state index contributed by atoms with van der Waals surface area (Å²) >= 11 is 1.15. The molecule has 21 heavy (non-hydrogen) atoms. The molecule has 1 atom stereocenters. The molecule has 2 rings (SSSR count). The Bertz CT molecular complexity index is 714. The monoisotopic (exact) mass is 307 g/mol. The van der Waals surface area contributed by atoms with E-state index in [1.54, 1.807) is 31.2 Å². The molecule has 0 aliphatic heterocycles. The second kappa shape index (κ2) is 6.73. The number of aliphatic hydroxyl groups excluding tert-OH is 1. The molecule has 0 aliphatic carbocycles. The van der Waals surface area contributed by atoms with Crippen LogP contribution >= 0.6 is 11.8 Å². The standard InChI is InChI=1S/C14H17N3O3S/c1-9(12(15)19)21-14-16-11-6-3-2-5-10(11)13(20)17(14)7-4-8-18/h2-3,5-6,9,18H,4,7-8H2,1H3,(H2,15,19)/t9-/m0/s1. The van der Waals surface area contributed by atoms with Crippen molar-refractivity contribution in [1.29, 1.82) is 0 Å². The molecule has 112 valence electrons. The zero-order valence-corrected chi connectivity index (χ0v) is 12.5. The summed E-state index contributed by atoms with van der Waals surface area (Å²) in [6.07, 6.45) is 0.443. The Morgan fingerprint density at radius 1 is 1.48 bits per heavy atom. The Morgan fingerprint density at radius 3 is 2.86 bits per heavy atom. The van der Waals surface area contributed by atoms with E-state index in [2.05, 4.69) is 4.98 Å². The van der Waals surface area contributed by atoms with Gasteiger partial charge in [-0.05, 0) is 25.5 Å². The van der Waals surface area contributed by atoms with Crippen LogP contribution in [-0.4, -0.2) is 32.4 Å². The van der Waals surface area contributed by atoms with Crippen LogP contribution in [0.1, 0.15) is 13.3 Å². The molecule has 1 heterocycles. The Morgan fingerprint density at radius 2 is 2.19 bits per heavy atom. The second-order valence-corrected chi connectivity index (χ2v) is 5.92. The fourth-order valence-electron chi connectivity index (χ4n) is 1.88. The molecule has 1 amide bonds. The number of benzene rings is 1. The van der Waals surface area contributed by atoms with Gasteiger partial charge in [0.1, 0.15) is 0 Å². The lowest BCUT2D eigenvalue weighted by Gasteiger charge is -2.14. The van der Waals surface area contributed by atoms with Gasteiger partial charge in [-0.25, -0.2) is 4.98 Å². The van der Waals surface area contributed by atoms with Gasteiger partial charge in [0, 0.05) is 13.2 Å². The number of carbonyl (C=O) groups is 1. The van der Waals surface area contributed by atoms with E-state index in [1.165, 1.54) is 4.57 Å². The van der Waals surface area contributed by atoms with E-state index in [1.807, 2.05) is 0 Å². The number of carbonyl (C=O) groups excluding carboxylic acids is 1. The Labute approximate surface area is 126 Å². The number of aliphatic hydroxyl groups is 1. The van der Waals surface area contributed by atoms with E-state index in [0.29, 0.717) is 29.0 Å². The third-order valence-corrected chi connectivity index (χ3v) is 4.16. The zero-order chi connectivity index (χ0) is 15.4. The molecule has 0 bridgehead atoms. The molecule has 0 saturated heterocycles. The number of thioether (sulfide) groups is 1. The van der Waals surface area contributed by atoms with Crippen LogP contribution in [0.2, 0.25) is 0 Å². The van der Waals surface area contributed by atoms with E-state index in [0.717, 1.165) is 11.8 Å². The Balaban J connectivity index is 2.54. The molecule has 3 N–H and O–H groups in total. The molecule has 0 unspecified atom stereocenters. The average molecular weight is 307 g/mol. The number of rotatable bonds is 6. The van der Waals surface area contributed by atoms with Crippen LogP contribution in [0.4, 0.5) is 0 Å². The Hall–Kier alpha value is -1.86. The predicted molar refractivity (Wildman–Crippen MR) is 82.2 cm³/mol. The van der Waals surface area contributed by atoms with Crippen molar-refractivity contribution >= 4 is 28.6 Å². The maximum absolute atomic E-state index is 12.5. The maximum Gasteiger partial charge on any atom is 0.262 e. The SMILES string of the molecule is C[C@H](Sc1nc2ccccc2c(=O)n1CCCO)C(N)=O. The number of nitrogens with two attached hydrogens (primary N) is 1. The molecule has 0 aliphatic rings. The van der Waals surface area contributed by atoms with Crippen LogP contribution in [-0.2, 0) is 11.3 Å². The summed E-state index contributed by atoms with van der Waals surface area (Å²) in [5.41, 5.74) is 5.68. The van der Waals surface area contributed by atoms with Crippen molar-refractivity contribution in [2.45, 2.75) is 30.3 Å². The highest BCUT2D eigenvalue weighted by Crippen LogP contribution is 2.22. The number of hydrogen-bond donors (Lipinski definition) is 2. The van der Waals surface area contributed by atoms with Gasteiger partial charge < -0.3 is 10.8 Å². The maximum atomic E-state index is 12.5. The molecule has 2 aromatic rings. The van der Waals surface area contributed by atoms with Gasteiger partial charge in [0.15, 0.2) is 5.16 Å². The topological polar surface area (TPSA) is 98.2 Å². The predicted octanol–water partition coefficient (Wildman–Crippen LogP) is 0.745. The van der Waals surface area contributed by atoms with Crippen LogP contribution in [0, 0.1) is 0 Å². The minimum absolute atomic E-state index is 0.0191. The largest absolute Gasteiger partial charge is 0.396 e. The van der Waals surface area contributed by atoms with E-state index < -0.39 is 11.2 Å². The number of amides is 1. The number of primary amides is 1. The molecule has 0 spiro atoms. The molecule has 7 heteroatoms. The van der Waals surface area contributed by atoms with E-state index in [-0.39, 0.29) is 12.2 Å². The van der Waals surface area contributed by atoms with Crippen molar-refractivity contribution in [2.24, 2.45) is 5.73 Å². The van der Waals surface area contributed by atoms with Crippen LogP contribution < -0.4 is 11.3 Å². The summed E-state index contributed by atoms with van der Waals surface area (Å²) in [6, 6.07) is 7.05. The van der Waals surface area contributed by atoms with Crippen LogP contribution in [0.25, 0.3) is 10.9 Å². The summed E-state index contributed by atoms with van der Waals surface area (Å²) in [6.45, 7) is 2.00. The fraction of sp³-hybridized carbons (Fsp3) is 0.357. The van der Waals surface area contributed by atoms with E-state index in [9.17, 15) is 9.59 Å². The molecule has 0 radical (unpaired) electrons. The van der Waals surface area contributed by atoms with Gasteiger partial charge in [0.05, 0.1) is 16.2 Å². The molecule has 1 aromatic carbocycles. The van der Waals surface area contributed by atoms with Crippen molar-refractivity contribution in [3.63, 3.8) is 0 Å². The second-order valence-electron chi connectivity index (χ2n) is 4.61. The quantitative estimate of drug-likeness (QED) is 0.606. The van der Waals surface area contributed by atoms with Crippen LogP contribution in [0.15, 0.2) is 34.2 Å². The molecule has 6 nitrogen and oxygen atoms in total. The van der Waals surface area contributed by atoms with Gasteiger partial charge in [-0.1, -0.05) is 23.9 Å². The van der Waals surface area contributed by atoms with Crippen molar-refractivity contribution in [1.82, 2.24) is 9.55 Å². The normalized spacial score (nSPS) is 12.5. The Kier molecular flexibility index (Phi) is 4.98. The lowest BCUT2D eigenvalue weighted by molar-refractivity contribution is -0.117. The number of para-hydroxylation sites is 1. The number of hydrogen-bond acceptors (Lipinski definition) is 5.